The van der Waals surface area contributed by atoms with Crippen molar-refractivity contribution in [2.24, 2.45) is 5.73 Å². The lowest BCUT2D eigenvalue weighted by Crippen LogP contribution is -2.08. The minimum Gasteiger partial charge on any atom is -0.389 e. The van der Waals surface area contributed by atoms with E-state index in [4.69, 9.17) is 18.0 Å². The fourth-order valence-corrected chi connectivity index (χ4v) is 2.41. The van der Waals surface area contributed by atoms with Crippen LogP contribution in [0.5, 0.6) is 0 Å². The first-order chi connectivity index (χ1) is 7.58. The summed E-state index contributed by atoms with van der Waals surface area (Å²) in [6.45, 7) is 1.89. The molecule has 0 aliphatic heterocycles. The largest absolute Gasteiger partial charge is 0.389 e. The number of thiazole rings is 1. The van der Waals surface area contributed by atoms with E-state index in [2.05, 4.69) is 4.98 Å². The normalized spacial score (nSPS) is 10.4. The number of rotatable bonds is 2. The smallest absolute Gasteiger partial charge is 0.123 e. The Balaban J connectivity index is 2.55. The standard InChI is InChI=1S/C11H9FN2S2/c1-6-14-9(10(16-6)11(13)15)7-2-4-8(12)5-3-7/h2-5H,1H3,(H2,13,15). The van der Waals surface area contributed by atoms with Gasteiger partial charge in [-0.3, -0.25) is 0 Å². The summed E-state index contributed by atoms with van der Waals surface area (Å²) >= 11 is 6.41. The Kier molecular flexibility index (Phi) is 2.98. The highest BCUT2D eigenvalue weighted by Gasteiger charge is 2.13. The van der Waals surface area contributed by atoms with Gasteiger partial charge in [-0.15, -0.1) is 11.3 Å². The van der Waals surface area contributed by atoms with Crippen LogP contribution in [0.1, 0.15) is 9.88 Å². The molecule has 0 amide bonds. The predicted octanol–water partition coefficient (Wildman–Crippen LogP) is 2.89. The Morgan fingerprint density at radius 3 is 2.56 bits per heavy atom. The lowest BCUT2D eigenvalue weighted by atomic mass is 10.1. The molecule has 82 valence electrons. The van der Waals surface area contributed by atoms with Gasteiger partial charge in [0.05, 0.1) is 15.6 Å². The average molecular weight is 252 g/mol. The first kappa shape index (κ1) is 11.2. The van der Waals surface area contributed by atoms with E-state index in [-0.39, 0.29) is 5.82 Å². The van der Waals surface area contributed by atoms with Crippen LogP contribution in [0.3, 0.4) is 0 Å². The van der Waals surface area contributed by atoms with Gasteiger partial charge in [0.25, 0.3) is 0 Å². The van der Waals surface area contributed by atoms with Crippen LogP contribution in [-0.2, 0) is 0 Å². The van der Waals surface area contributed by atoms with Gasteiger partial charge in [0, 0.05) is 5.56 Å². The quantitative estimate of drug-likeness (QED) is 0.835. The first-order valence-electron chi connectivity index (χ1n) is 4.61. The fraction of sp³-hybridized carbons (Fsp3) is 0.0909. The number of hydrogen-bond donors (Lipinski definition) is 1. The summed E-state index contributed by atoms with van der Waals surface area (Å²) in [4.78, 5) is 5.46. The molecule has 5 heteroatoms. The van der Waals surface area contributed by atoms with E-state index >= 15 is 0 Å². The molecule has 0 aliphatic carbocycles. The zero-order chi connectivity index (χ0) is 11.7. The SMILES string of the molecule is Cc1nc(-c2ccc(F)cc2)c(C(N)=S)s1. The third-order valence-corrected chi connectivity index (χ3v) is 3.41. The van der Waals surface area contributed by atoms with Gasteiger partial charge in [-0.2, -0.15) is 0 Å². The van der Waals surface area contributed by atoms with Gasteiger partial charge in [0.2, 0.25) is 0 Å². The summed E-state index contributed by atoms with van der Waals surface area (Å²) in [5, 5.41) is 0.891. The van der Waals surface area contributed by atoms with Crippen molar-refractivity contribution in [2.75, 3.05) is 0 Å². The van der Waals surface area contributed by atoms with Gasteiger partial charge in [-0.05, 0) is 31.2 Å². The number of nitrogens with zero attached hydrogens (tertiary/aromatic N) is 1. The molecular formula is C11H9FN2S2. The molecule has 0 saturated carbocycles. The van der Waals surface area contributed by atoms with Gasteiger partial charge in [-0.25, -0.2) is 9.37 Å². The molecule has 0 fully saturated rings. The van der Waals surface area contributed by atoms with E-state index in [0.29, 0.717) is 4.99 Å². The minimum atomic E-state index is -0.271. The molecule has 1 aromatic heterocycles. The molecule has 0 spiro atoms. The maximum absolute atomic E-state index is 12.8. The Labute approximate surface area is 102 Å². The summed E-state index contributed by atoms with van der Waals surface area (Å²) in [5.74, 6) is -0.271. The molecule has 0 saturated heterocycles. The van der Waals surface area contributed by atoms with Crippen molar-refractivity contribution in [3.63, 3.8) is 0 Å². The van der Waals surface area contributed by atoms with E-state index in [0.717, 1.165) is 21.1 Å². The summed E-state index contributed by atoms with van der Waals surface area (Å²) in [7, 11) is 0. The van der Waals surface area contributed by atoms with Crippen molar-refractivity contribution in [3.05, 3.63) is 40.0 Å². The third kappa shape index (κ3) is 2.10. The lowest BCUT2D eigenvalue weighted by Gasteiger charge is -2.00. The molecule has 0 atom stereocenters. The molecule has 0 unspecified atom stereocenters. The van der Waals surface area contributed by atoms with E-state index in [1.54, 1.807) is 12.1 Å². The molecule has 16 heavy (non-hydrogen) atoms. The molecule has 1 heterocycles. The molecule has 1 aromatic carbocycles. The number of aromatic nitrogens is 1. The maximum Gasteiger partial charge on any atom is 0.123 e. The monoisotopic (exact) mass is 252 g/mol. The van der Waals surface area contributed by atoms with Gasteiger partial charge < -0.3 is 5.73 Å². The Morgan fingerprint density at radius 1 is 1.38 bits per heavy atom. The molecule has 2 rings (SSSR count). The van der Waals surface area contributed by atoms with E-state index in [1.165, 1.54) is 23.5 Å². The van der Waals surface area contributed by atoms with Crippen LogP contribution in [0.25, 0.3) is 11.3 Å². The van der Waals surface area contributed by atoms with Crippen molar-refractivity contribution >= 4 is 28.5 Å². The number of aryl methyl sites for hydroxylation is 1. The Bertz CT molecular complexity index is 531. The van der Waals surface area contributed by atoms with Gasteiger partial charge in [0.1, 0.15) is 10.8 Å². The number of hydrogen-bond acceptors (Lipinski definition) is 3. The number of halogens is 1. The van der Waals surface area contributed by atoms with Crippen LogP contribution in [0.15, 0.2) is 24.3 Å². The fourth-order valence-electron chi connectivity index (χ4n) is 1.40. The molecule has 2 aromatic rings. The molecule has 2 nitrogen and oxygen atoms in total. The van der Waals surface area contributed by atoms with Crippen LogP contribution in [0, 0.1) is 12.7 Å². The van der Waals surface area contributed by atoms with Crippen LogP contribution in [0.4, 0.5) is 4.39 Å². The topological polar surface area (TPSA) is 38.9 Å². The summed E-state index contributed by atoms with van der Waals surface area (Å²) in [6.07, 6.45) is 0. The van der Waals surface area contributed by atoms with Crippen molar-refractivity contribution in [1.82, 2.24) is 4.98 Å². The second-order valence-corrected chi connectivity index (χ2v) is 4.92. The van der Waals surface area contributed by atoms with Crippen molar-refractivity contribution in [2.45, 2.75) is 6.92 Å². The lowest BCUT2D eigenvalue weighted by molar-refractivity contribution is 0.628. The highest BCUT2D eigenvalue weighted by atomic mass is 32.1. The van der Waals surface area contributed by atoms with E-state index in [1.807, 2.05) is 6.92 Å². The van der Waals surface area contributed by atoms with Crippen LogP contribution < -0.4 is 5.73 Å². The van der Waals surface area contributed by atoms with E-state index < -0.39 is 0 Å². The van der Waals surface area contributed by atoms with Crippen LogP contribution in [-0.4, -0.2) is 9.97 Å². The first-order valence-corrected chi connectivity index (χ1v) is 5.83. The number of nitrogens with two attached hydrogens (primary N) is 1. The van der Waals surface area contributed by atoms with Gasteiger partial charge in [0.15, 0.2) is 0 Å². The molecular weight excluding hydrogens is 243 g/mol. The predicted molar refractivity (Wildman–Crippen MR) is 68.1 cm³/mol. The number of thiocarbonyl (C=S) groups is 1. The van der Waals surface area contributed by atoms with Crippen LogP contribution in [0.2, 0.25) is 0 Å². The Hall–Kier alpha value is -1.33. The van der Waals surface area contributed by atoms with Gasteiger partial charge in [-0.1, -0.05) is 12.2 Å². The maximum atomic E-state index is 12.8. The second kappa shape index (κ2) is 4.27. The summed E-state index contributed by atoms with van der Waals surface area (Å²) in [5.41, 5.74) is 7.18. The average Bonchev–Trinajstić information content (AvgIpc) is 2.61. The Morgan fingerprint density at radius 2 is 2.00 bits per heavy atom. The number of benzene rings is 1. The van der Waals surface area contributed by atoms with Gasteiger partial charge >= 0.3 is 0 Å². The van der Waals surface area contributed by atoms with Crippen molar-refractivity contribution in [3.8, 4) is 11.3 Å². The second-order valence-electron chi connectivity index (χ2n) is 3.28. The van der Waals surface area contributed by atoms with Crippen LogP contribution >= 0.6 is 23.6 Å². The minimum absolute atomic E-state index is 0.271. The molecule has 0 aliphatic rings. The van der Waals surface area contributed by atoms with Crippen molar-refractivity contribution < 1.29 is 4.39 Å². The highest BCUT2D eigenvalue weighted by Crippen LogP contribution is 2.27. The molecule has 2 N–H and O–H groups in total. The zero-order valence-corrected chi connectivity index (χ0v) is 10.2. The third-order valence-electron chi connectivity index (χ3n) is 2.08. The summed E-state index contributed by atoms with van der Waals surface area (Å²) in [6, 6.07) is 6.14. The van der Waals surface area contributed by atoms with E-state index in [9.17, 15) is 4.39 Å². The zero-order valence-electron chi connectivity index (χ0n) is 8.53. The highest BCUT2D eigenvalue weighted by molar-refractivity contribution is 7.81. The summed E-state index contributed by atoms with van der Waals surface area (Å²) < 4.78 is 12.8. The molecule has 0 bridgehead atoms. The van der Waals surface area contributed by atoms with Crippen molar-refractivity contribution in [1.29, 1.82) is 0 Å². The molecule has 0 radical (unpaired) electrons.